The van der Waals surface area contributed by atoms with Gasteiger partial charge in [-0.1, -0.05) is 32.8 Å². The molecule has 1 aromatic heterocycles. The van der Waals surface area contributed by atoms with Crippen molar-refractivity contribution in [3.63, 3.8) is 0 Å². The molecule has 3 heteroatoms. The van der Waals surface area contributed by atoms with E-state index in [1.165, 1.54) is 30.6 Å². The van der Waals surface area contributed by atoms with Crippen molar-refractivity contribution in [3.8, 4) is 0 Å². The second-order valence-corrected chi connectivity index (χ2v) is 7.96. The molecule has 0 amide bonds. The molecule has 4 unspecified atom stereocenters. The number of nitrogens with two attached hydrogens (primary N) is 1. The van der Waals surface area contributed by atoms with Crippen LogP contribution in [-0.2, 0) is 0 Å². The van der Waals surface area contributed by atoms with Crippen LogP contribution in [0.5, 0.6) is 0 Å². The fraction of sp³-hybridized carbons (Fsp3) is 0.733. The topological polar surface area (TPSA) is 26.0 Å². The molecule has 1 saturated carbocycles. The maximum absolute atomic E-state index is 6.35. The summed E-state index contributed by atoms with van der Waals surface area (Å²) in [5, 5.41) is 3.50. The third-order valence-corrected chi connectivity index (χ3v) is 6.73. The van der Waals surface area contributed by atoms with E-state index in [0.717, 1.165) is 17.6 Å². The highest BCUT2D eigenvalue weighted by Crippen LogP contribution is 2.43. The summed E-state index contributed by atoms with van der Waals surface area (Å²) in [5.41, 5.74) is 6.35. The molecule has 4 atom stereocenters. The van der Waals surface area contributed by atoms with Crippen LogP contribution < -0.4 is 5.73 Å². The van der Waals surface area contributed by atoms with Crippen molar-refractivity contribution in [2.75, 3.05) is 0 Å². The fourth-order valence-corrected chi connectivity index (χ4v) is 5.63. The van der Waals surface area contributed by atoms with Crippen molar-refractivity contribution in [3.05, 3.63) is 22.4 Å². The number of hydrogen-bond donors (Lipinski definition) is 1. The zero-order chi connectivity index (χ0) is 13.0. The zero-order valence-electron chi connectivity index (χ0n) is 11.5. The van der Waals surface area contributed by atoms with Gasteiger partial charge < -0.3 is 5.73 Å². The van der Waals surface area contributed by atoms with Crippen LogP contribution in [0.15, 0.2) is 17.5 Å². The monoisotopic (exact) mass is 283 g/mol. The highest BCUT2D eigenvalue weighted by molar-refractivity contribution is 8.00. The number of rotatable bonds is 5. The molecule has 0 bridgehead atoms. The Hall–Kier alpha value is 0.01000. The van der Waals surface area contributed by atoms with Gasteiger partial charge in [0.1, 0.15) is 0 Å². The standard InChI is InChI=1S/C15H25NS2/c1-3-13(16)15(14-8-5-9-17-14)18-12-7-4-6-11(2)10-12/h5,8-9,11-13,15H,3-4,6-7,10,16H2,1-2H3. The number of hydrogen-bond acceptors (Lipinski definition) is 3. The number of thiophene rings is 1. The minimum Gasteiger partial charge on any atom is -0.326 e. The lowest BCUT2D eigenvalue weighted by Gasteiger charge is -2.31. The van der Waals surface area contributed by atoms with Crippen LogP contribution in [0.1, 0.15) is 56.1 Å². The number of thioether (sulfide) groups is 1. The van der Waals surface area contributed by atoms with Gasteiger partial charge in [-0.05, 0) is 36.6 Å². The van der Waals surface area contributed by atoms with E-state index in [9.17, 15) is 0 Å². The second-order valence-electron chi connectivity index (χ2n) is 5.54. The van der Waals surface area contributed by atoms with Gasteiger partial charge in [-0.25, -0.2) is 0 Å². The first-order valence-corrected chi connectivity index (χ1v) is 8.97. The predicted molar refractivity (Wildman–Crippen MR) is 84.3 cm³/mol. The maximum atomic E-state index is 6.35. The maximum Gasteiger partial charge on any atom is 0.0544 e. The Balaban J connectivity index is 2.01. The van der Waals surface area contributed by atoms with Gasteiger partial charge in [0, 0.05) is 16.2 Å². The third kappa shape index (κ3) is 3.75. The van der Waals surface area contributed by atoms with Crippen LogP contribution in [0.4, 0.5) is 0 Å². The summed E-state index contributed by atoms with van der Waals surface area (Å²) >= 11 is 4.01. The van der Waals surface area contributed by atoms with Gasteiger partial charge >= 0.3 is 0 Å². The summed E-state index contributed by atoms with van der Waals surface area (Å²) in [7, 11) is 0. The van der Waals surface area contributed by atoms with Crippen LogP contribution in [0, 0.1) is 5.92 Å². The largest absolute Gasteiger partial charge is 0.326 e. The van der Waals surface area contributed by atoms with E-state index in [1.54, 1.807) is 0 Å². The molecule has 2 N–H and O–H groups in total. The highest BCUT2D eigenvalue weighted by atomic mass is 32.2. The lowest BCUT2D eigenvalue weighted by Crippen LogP contribution is -2.28. The summed E-state index contributed by atoms with van der Waals surface area (Å²) in [4.78, 5) is 1.47. The molecule has 1 nitrogen and oxygen atoms in total. The molecule has 1 aliphatic rings. The quantitative estimate of drug-likeness (QED) is 0.837. The van der Waals surface area contributed by atoms with Gasteiger partial charge in [0.15, 0.2) is 0 Å². The van der Waals surface area contributed by atoms with Crippen molar-refractivity contribution in [1.82, 2.24) is 0 Å². The average Bonchev–Trinajstić information content (AvgIpc) is 2.89. The molecule has 0 aliphatic heterocycles. The smallest absolute Gasteiger partial charge is 0.0544 e. The molecule has 1 fully saturated rings. The summed E-state index contributed by atoms with van der Waals surface area (Å²) < 4.78 is 0. The van der Waals surface area contributed by atoms with E-state index in [-0.39, 0.29) is 0 Å². The lowest BCUT2D eigenvalue weighted by molar-refractivity contribution is 0.393. The Morgan fingerprint density at radius 3 is 2.94 bits per heavy atom. The van der Waals surface area contributed by atoms with Crippen LogP contribution in [0.3, 0.4) is 0 Å². The second kappa shape index (κ2) is 6.97. The van der Waals surface area contributed by atoms with E-state index < -0.39 is 0 Å². The van der Waals surface area contributed by atoms with Crippen molar-refractivity contribution >= 4 is 23.1 Å². The first kappa shape index (κ1) is 14.4. The summed E-state index contributed by atoms with van der Waals surface area (Å²) in [6.45, 7) is 4.60. The lowest BCUT2D eigenvalue weighted by atomic mass is 9.90. The summed E-state index contributed by atoms with van der Waals surface area (Å²) in [6, 6.07) is 4.70. The molecule has 1 aromatic rings. The van der Waals surface area contributed by atoms with E-state index in [1.807, 2.05) is 11.3 Å². The Morgan fingerprint density at radius 1 is 1.50 bits per heavy atom. The van der Waals surface area contributed by atoms with E-state index in [0.29, 0.717) is 11.3 Å². The highest BCUT2D eigenvalue weighted by Gasteiger charge is 2.27. The molecule has 1 heterocycles. The third-order valence-electron chi connectivity index (χ3n) is 3.91. The van der Waals surface area contributed by atoms with E-state index in [4.69, 9.17) is 5.73 Å². The predicted octanol–water partition coefficient (Wildman–Crippen LogP) is 4.84. The Kier molecular flexibility index (Phi) is 5.58. The summed E-state index contributed by atoms with van der Waals surface area (Å²) in [5.74, 6) is 0.901. The van der Waals surface area contributed by atoms with Gasteiger partial charge in [0.2, 0.25) is 0 Å². The van der Waals surface area contributed by atoms with Gasteiger partial charge in [-0.3, -0.25) is 0 Å². The van der Waals surface area contributed by atoms with Crippen LogP contribution in [0.25, 0.3) is 0 Å². The molecular weight excluding hydrogens is 258 g/mol. The van der Waals surface area contributed by atoms with E-state index in [2.05, 4.69) is 43.1 Å². The molecule has 0 radical (unpaired) electrons. The van der Waals surface area contributed by atoms with Crippen LogP contribution in [-0.4, -0.2) is 11.3 Å². The fourth-order valence-electron chi connectivity index (χ4n) is 2.76. The molecule has 102 valence electrons. The summed E-state index contributed by atoms with van der Waals surface area (Å²) in [6.07, 6.45) is 6.64. The van der Waals surface area contributed by atoms with Crippen molar-refractivity contribution in [1.29, 1.82) is 0 Å². The molecule has 18 heavy (non-hydrogen) atoms. The molecule has 0 aromatic carbocycles. The first-order chi connectivity index (χ1) is 8.70. The minimum absolute atomic E-state index is 0.297. The molecule has 2 rings (SSSR count). The zero-order valence-corrected chi connectivity index (χ0v) is 13.1. The van der Waals surface area contributed by atoms with E-state index >= 15 is 0 Å². The molecular formula is C15H25NS2. The Bertz CT molecular complexity index is 336. The average molecular weight is 284 g/mol. The molecule has 1 aliphatic carbocycles. The minimum atomic E-state index is 0.297. The molecule has 0 saturated heterocycles. The van der Waals surface area contributed by atoms with Crippen molar-refractivity contribution < 1.29 is 0 Å². The van der Waals surface area contributed by atoms with Crippen LogP contribution in [0.2, 0.25) is 0 Å². The van der Waals surface area contributed by atoms with Crippen LogP contribution >= 0.6 is 23.1 Å². The Labute approximate surface area is 120 Å². The first-order valence-electron chi connectivity index (χ1n) is 7.15. The van der Waals surface area contributed by atoms with Gasteiger partial charge in [-0.15, -0.1) is 23.1 Å². The van der Waals surface area contributed by atoms with Crippen molar-refractivity contribution in [2.24, 2.45) is 11.7 Å². The molecule has 0 spiro atoms. The van der Waals surface area contributed by atoms with Gasteiger partial charge in [0.05, 0.1) is 5.25 Å². The normalized spacial score (nSPS) is 27.9. The van der Waals surface area contributed by atoms with Gasteiger partial charge in [0.25, 0.3) is 0 Å². The SMILES string of the molecule is CCC(N)C(SC1CCCC(C)C1)c1cccs1. The Morgan fingerprint density at radius 2 is 2.33 bits per heavy atom. The van der Waals surface area contributed by atoms with Crippen molar-refractivity contribution in [2.45, 2.75) is 62.5 Å². The van der Waals surface area contributed by atoms with Gasteiger partial charge in [-0.2, -0.15) is 0 Å².